The second-order valence-corrected chi connectivity index (χ2v) is 4.25. The first-order valence-electron chi connectivity index (χ1n) is 5.78. The molecule has 0 aliphatic carbocycles. The molecule has 0 saturated carbocycles. The van der Waals surface area contributed by atoms with Gasteiger partial charge in [0.05, 0.1) is 10.5 Å². The number of carbonyl (C=O) groups is 1. The molecule has 0 fully saturated rings. The minimum absolute atomic E-state index is 0.00219. The van der Waals surface area contributed by atoms with Crippen molar-refractivity contribution in [2.75, 3.05) is 13.2 Å². The van der Waals surface area contributed by atoms with Gasteiger partial charge in [0.25, 0.3) is 11.6 Å². The molecule has 0 spiro atoms. The largest absolute Gasteiger partial charge is 0.396 e. The van der Waals surface area contributed by atoms with Crippen molar-refractivity contribution in [3.8, 4) is 0 Å². The SMILES string of the molecule is CC(CCO)CNC(=O)c1cc([N+](=O)[O-])ccc1F. The fourth-order valence-electron chi connectivity index (χ4n) is 1.49. The Morgan fingerprint density at radius 2 is 2.26 bits per heavy atom. The van der Waals surface area contributed by atoms with E-state index in [1.54, 1.807) is 0 Å². The van der Waals surface area contributed by atoms with Gasteiger partial charge in [0.15, 0.2) is 0 Å². The van der Waals surface area contributed by atoms with Crippen molar-refractivity contribution >= 4 is 11.6 Å². The molecule has 2 N–H and O–H groups in total. The number of non-ortho nitro benzene ring substituents is 1. The average Bonchev–Trinajstić information content (AvgIpc) is 2.36. The third-order valence-electron chi connectivity index (χ3n) is 2.64. The van der Waals surface area contributed by atoms with Crippen LogP contribution in [-0.2, 0) is 0 Å². The molecule has 0 aliphatic rings. The van der Waals surface area contributed by atoms with Crippen molar-refractivity contribution in [2.24, 2.45) is 5.92 Å². The summed E-state index contributed by atoms with van der Waals surface area (Å²) in [6, 6.07) is 2.80. The first-order valence-corrected chi connectivity index (χ1v) is 5.78. The summed E-state index contributed by atoms with van der Waals surface area (Å²) in [6.07, 6.45) is 0.512. The van der Waals surface area contributed by atoms with E-state index in [4.69, 9.17) is 5.11 Å². The zero-order valence-corrected chi connectivity index (χ0v) is 10.4. The number of halogens is 1. The van der Waals surface area contributed by atoms with Gasteiger partial charge >= 0.3 is 0 Å². The molecule has 0 radical (unpaired) electrons. The fraction of sp³-hybridized carbons (Fsp3) is 0.417. The number of hydrogen-bond acceptors (Lipinski definition) is 4. The first-order chi connectivity index (χ1) is 8.95. The third kappa shape index (κ3) is 4.29. The van der Waals surface area contributed by atoms with Gasteiger partial charge in [0.1, 0.15) is 5.82 Å². The van der Waals surface area contributed by atoms with Crippen molar-refractivity contribution in [1.82, 2.24) is 5.32 Å². The Hall–Kier alpha value is -2.02. The van der Waals surface area contributed by atoms with Crippen molar-refractivity contribution in [1.29, 1.82) is 0 Å². The van der Waals surface area contributed by atoms with Crippen molar-refractivity contribution in [3.05, 3.63) is 39.7 Å². The molecular weight excluding hydrogens is 255 g/mol. The maximum absolute atomic E-state index is 13.4. The monoisotopic (exact) mass is 270 g/mol. The highest BCUT2D eigenvalue weighted by molar-refractivity contribution is 5.95. The quantitative estimate of drug-likeness (QED) is 0.605. The van der Waals surface area contributed by atoms with Crippen LogP contribution < -0.4 is 5.32 Å². The molecule has 0 aliphatic heterocycles. The molecule has 0 aromatic heterocycles. The van der Waals surface area contributed by atoms with E-state index in [0.717, 1.165) is 18.2 Å². The van der Waals surface area contributed by atoms with Gasteiger partial charge in [-0.15, -0.1) is 0 Å². The average molecular weight is 270 g/mol. The lowest BCUT2D eigenvalue weighted by Gasteiger charge is -2.11. The molecule has 6 nitrogen and oxygen atoms in total. The Labute approximate surface area is 109 Å². The van der Waals surface area contributed by atoms with Gasteiger partial charge < -0.3 is 10.4 Å². The van der Waals surface area contributed by atoms with Gasteiger partial charge in [-0.25, -0.2) is 4.39 Å². The number of aliphatic hydroxyl groups is 1. The minimum Gasteiger partial charge on any atom is -0.396 e. The highest BCUT2D eigenvalue weighted by Gasteiger charge is 2.17. The Bertz CT molecular complexity index is 479. The molecule has 1 aromatic carbocycles. The van der Waals surface area contributed by atoms with Crippen LogP contribution in [0.4, 0.5) is 10.1 Å². The molecule has 7 heteroatoms. The van der Waals surface area contributed by atoms with Gasteiger partial charge in [-0.1, -0.05) is 6.92 Å². The van der Waals surface area contributed by atoms with Crippen molar-refractivity contribution in [3.63, 3.8) is 0 Å². The summed E-state index contributed by atoms with van der Waals surface area (Å²) in [5, 5.41) is 21.8. The Morgan fingerprint density at radius 1 is 1.58 bits per heavy atom. The molecule has 1 unspecified atom stereocenters. The summed E-state index contributed by atoms with van der Waals surface area (Å²) >= 11 is 0. The molecule has 19 heavy (non-hydrogen) atoms. The summed E-state index contributed by atoms with van der Waals surface area (Å²) in [4.78, 5) is 21.6. The standard InChI is InChI=1S/C12H15FN2O4/c1-8(4-5-16)7-14-12(17)10-6-9(15(18)19)2-3-11(10)13/h2-3,6,8,16H,4-5,7H2,1H3,(H,14,17). The van der Waals surface area contributed by atoms with Gasteiger partial charge in [0.2, 0.25) is 0 Å². The molecular formula is C12H15FN2O4. The molecule has 0 heterocycles. The van der Waals surface area contributed by atoms with Gasteiger partial charge in [0, 0.05) is 25.3 Å². The number of nitrogens with one attached hydrogen (secondary N) is 1. The molecule has 104 valence electrons. The van der Waals surface area contributed by atoms with Crippen LogP contribution in [0.3, 0.4) is 0 Å². The lowest BCUT2D eigenvalue weighted by atomic mass is 10.1. The zero-order chi connectivity index (χ0) is 14.4. The Kier molecular flexibility index (Phi) is 5.37. The van der Waals surface area contributed by atoms with E-state index in [0.29, 0.717) is 6.42 Å². The van der Waals surface area contributed by atoms with E-state index in [2.05, 4.69) is 5.32 Å². The number of nitro benzene ring substituents is 1. The summed E-state index contributed by atoms with van der Waals surface area (Å²) < 4.78 is 13.4. The Morgan fingerprint density at radius 3 is 2.84 bits per heavy atom. The van der Waals surface area contributed by atoms with Crippen LogP contribution in [-0.4, -0.2) is 29.1 Å². The maximum atomic E-state index is 13.4. The number of aliphatic hydroxyl groups excluding tert-OH is 1. The molecule has 0 bridgehead atoms. The number of carbonyl (C=O) groups excluding carboxylic acids is 1. The van der Waals surface area contributed by atoms with Crippen LogP contribution in [0.15, 0.2) is 18.2 Å². The maximum Gasteiger partial charge on any atom is 0.270 e. The van der Waals surface area contributed by atoms with E-state index < -0.39 is 16.6 Å². The number of rotatable bonds is 6. The lowest BCUT2D eigenvalue weighted by molar-refractivity contribution is -0.384. The smallest absolute Gasteiger partial charge is 0.270 e. The van der Waals surface area contributed by atoms with Crippen LogP contribution >= 0.6 is 0 Å². The fourth-order valence-corrected chi connectivity index (χ4v) is 1.49. The number of amides is 1. The highest BCUT2D eigenvalue weighted by Crippen LogP contribution is 2.16. The van der Waals surface area contributed by atoms with Gasteiger partial charge in [-0.3, -0.25) is 14.9 Å². The third-order valence-corrected chi connectivity index (χ3v) is 2.64. The van der Waals surface area contributed by atoms with Crippen LogP contribution in [0.2, 0.25) is 0 Å². The van der Waals surface area contributed by atoms with E-state index in [-0.39, 0.29) is 30.3 Å². The number of nitrogens with zero attached hydrogens (tertiary/aromatic N) is 1. The zero-order valence-electron chi connectivity index (χ0n) is 10.4. The lowest BCUT2D eigenvalue weighted by Crippen LogP contribution is -2.29. The number of nitro groups is 1. The van der Waals surface area contributed by atoms with Crippen LogP contribution in [0.1, 0.15) is 23.7 Å². The Balaban J connectivity index is 2.76. The predicted molar refractivity (Wildman–Crippen MR) is 66.3 cm³/mol. The van der Waals surface area contributed by atoms with Gasteiger partial charge in [-0.2, -0.15) is 0 Å². The van der Waals surface area contributed by atoms with E-state index in [9.17, 15) is 19.3 Å². The highest BCUT2D eigenvalue weighted by atomic mass is 19.1. The van der Waals surface area contributed by atoms with E-state index in [1.165, 1.54) is 0 Å². The van der Waals surface area contributed by atoms with E-state index >= 15 is 0 Å². The summed E-state index contributed by atoms with van der Waals surface area (Å²) in [7, 11) is 0. The molecule has 0 saturated heterocycles. The van der Waals surface area contributed by atoms with Crippen LogP contribution in [0.25, 0.3) is 0 Å². The summed E-state index contributed by atoms with van der Waals surface area (Å²) in [6.45, 7) is 2.09. The topological polar surface area (TPSA) is 92.5 Å². The van der Waals surface area contributed by atoms with E-state index in [1.807, 2.05) is 6.92 Å². The molecule has 1 aromatic rings. The molecule has 1 rings (SSSR count). The van der Waals surface area contributed by atoms with Gasteiger partial charge in [-0.05, 0) is 18.4 Å². The summed E-state index contributed by atoms with van der Waals surface area (Å²) in [5.41, 5.74) is -0.694. The number of benzene rings is 1. The second kappa shape index (κ2) is 6.79. The van der Waals surface area contributed by atoms with Crippen molar-refractivity contribution < 1.29 is 19.2 Å². The van der Waals surface area contributed by atoms with Crippen LogP contribution in [0, 0.1) is 21.8 Å². The second-order valence-electron chi connectivity index (χ2n) is 4.25. The minimum atomic E-state index is -0.807. The predicted octanol–water partition coefficient (Wildman–Crippen LogP) is 1.48. The summed E-state index contributed by atoms with van der Waals surface area (Å²) in [5.74, 6) is -1.47. The van der Waals surface area contributed by atoms with Crippen LogP contribution in [0.5, 0.6) is 0 Å². The molecule has 1 atom stereocenters. The number of hydrogen-bond donors (Lipinski definition) is 2. The first kappa shape index (κ1) is 15.0. The normalized spacial score (nSPS) is 11.9. The molecule has 1 amide bonds. The van der Waals surface area contributed by atoms with Crippen molar-refractivity contribution in [2.45, 2.75) is 13.3 Å².